The van der Waals surface area contributed by atoms with E-state index in [0.717, 1.165) is 5.75 Å². The molecule has 2 heterocycles. The van der Waals surface area contributed by atoms with Crippen molar-refractivity contribution in [3.8, 4) is 0 Å². The van der Waals surface area contributed by atoms with Crippen molar-refractivity contribution in [3.63, 3.8) is 0 Å². The minimum absolute atomic E-state index is 0.0297. The van der Waals surface area contributed by atoms with Gasteiger partial charge < -0.3 is 14.4 Å². The number of thioether (sulfide) groups is 1. The number of oxazole rings is 1. The van der Waals surface area contributed by atoms with Gasteiger partial charge in [-0.15, -0.1) is 0 Å². The van der Waals surface area contributed by atoms with Gasteiger partial charge in [-0.05, 0) is 0 Å². The van der Waals surface area contributed by atoms with Crippen molar-refractivity contribution in [1.29, 1.82) is 0 Å². The first kappa shape index (κ1) is 13.9. The van der Waals surface area contributed by atoms with Gasteiger partial charge in [0.2, 0.25) is 0 Å². The summed E-state index contributed by atoms with van der Waals surface area (Å²) in [6.07, 6.45) is 1.82. The average molecular weight is 284 g/mol. The molecule has 0 spiro atoms. The van der Waals surface area contributed by atoms with Crippen LogP contribution in [-0.2, 0) is 11.2 Å². The summed E-state index contributed by atoms with van der Waals surface area (Å²) < 4.78 is 5.16. The van der Waals surface area contributed by atoms with E-state index < -0.39 is 5.97 Å². The van der Waals surface area contributed by atoms with Crippen LogP contribution in [0.1, 0.15) is 29.6 Å². The highest BCUT2D eigenvalue weighted by molar-refractivity contribution is 7.99. The van der Waals surface area contributed by atoms with Gasteiger partial charge in [-0.25, -0.2) is 4.98 Å². The Labute approximate surface area is 115 Å². The summed E-state index contributed by atoms with van der Waals surface area (Å²) in [5.74, 6) is 0.911. The Bertz CT molecular complexity index is 474. The molecule has 104 valence electrons. The van der Waals surface area contributed by atoms with Crippen LogP contribution in [0.25, 0.3) is 0 Å². The number of carbonyl (C=O) groups excluding carboxylic acids is 1. The zero-order chi connectivity index (χ0) is 13.8. The molecule has 1 aromatic rings. The first-order valence-electron chi connectivity index (χ1n) is 6.16. The minimum Gasteiger partial charge on any atom is -0.481 e. The lowest BCUT2D eigenvalue weighted by molar-refractivity contribution is -0.138. The molecule has 0 radical (unpaired) electrons. The summed E-state index contributed by atoms with van der Waals surface area (Å²) >= 11 is 1.67. The molecule has 1 atom stereocenters. The molecule has 1 aliphatic heterocycles. The third-order valence-electron chi connectivity index (χ3n) is 3.06. The molecule has 1 fully saturated rings. The molecule has 1 saturated heterocycles. The molecule has 1 aliphatic rings. The van der Waals surface area contributed by atoms with Crippen LogP contribution < -0.4 is 0 Å². The van der Waals surface area contributed by atoms with E-state index in [1.807, 2.05) is 6.92 Å². The summed E-state index contributed by atoms with van der Waals surface area (Å²) in [5.41, 5.74) is 0.310. The number of amides is 1. The molecule has 6 nitrogen and oxygen atoms in total. The first-order valence-corrected chi connectivity index (χ1v) is 7.31. The fraction of sp³-hybridized carbons (Fsp3) is 0.583. The number of aryl methyl sites for hydroxylation is 1. The topological polar surface area (TPSA) is 83.6 Å². The lowest BCUT2D eigenvalue weighted by Crippen LogP contribution is -2.47. The number of rotatable bonds is 4. The number of carbonyl (C=O) groups is 2. The number of aromatic nitrogens is 1. The quantitative estimate of drug-likeness (QED) is 0.896. The number of carboxylic acid groups (broad SMARTS) is 1. The second-order valence-corrected chi connectivity index (χ2v) is 5.45. The van der Waals surface area contributed by atoms with Crippen molar-refractivity contribution in [3.05, 3.63) is 17.8 Å². The Kier molecular flexibility index (Phi) is 4.47. The Hall–Kier alpha value is -1.50. The molecular formula is C12H16N2O4S. The van der Waals surface area contributed by atoms with Crippen LogP contribution >= 0.6 is 11.8 Å². The maximum absolute atomic E-state index is 12.4. The fourth-order valence-corrected chi connectivity index (χ4v) is 3.19. The normalized spacial score (nSPS) is 19.4. The van der Waals surface area contributed by atoms with Gasteiger partial charge in [-0.1, -0.05) is 6.92 Å². The van der Waals surface area contributed by atoms with Crippen molar-refractivity contribution < 1.29 is 19.1 Å². The van der Waals surface area contributed by atoms with Crippen molar-refractivity contribution >= 4 is 23.6 Å². The number of hydrogen-bond donors (Lipinski definition) is 1. The summed E-state index contributed by atoms with van der Waals surface area (Å²) in [5, 5.41) is 8.92. The average Bonchev–Trinajstić information content (AvgIpc) is 2.86. The highest BCUT2D eigenvalue weighted by Gasteiger charge is 2.31. The largest absolute Gasteiger partial charge is 0.481 e. The summed E-state index contributed by atoms with van der Waals surface area (Å²) in [4.78, 5) is 28.9. The van der Waals surface area contributed by atoms with Crippen LogP contribution in [0.5, 0.6) is 0 Å². The third-order valence-corrected chi connectivity index (χ3v) is 4.15. The molecule has 2 rings (SSSR count). The standard InChI is InChI=1S/C12H16N2O4S/c1-2-9-11(13-7-18-9)12(17)14-3-4-19-6-8(14)5-10(15)16/h7-8H,2-6H2,1H3,(H,15,16). The number of hydrogen-bond acceptors (Lipinski definition) is 5. The summed E-state index contributed by atoms with van der Waals surface area (Å²) in [6.45, 7) is 2.44. The van der Waals surface area contributed by atoms with Gasteiger partial charge in [0.15, 0.2) is 12.1 Å². The van der Waals surface area contributed by atoms with Crippen molar-refractivity contribution in [2.45, 2.75) is 25.8 Å². The van der Waals surface area contributed by atoms with Gasteiger partial charge in [0, 0.05) is 24.5 Å². The Morgan fingerprint density at radius 1 is 1.63 bits per heavy atom. The molecule has 0 aromatic carbocycles. The Morgan fingerprint density at radius 3 is 3.11 bits per heavy atom. The van der Waals surface area contributed by atoms with Crippen LogP contribution in [-0.4, -0.2) is 51.0 Å². The Morgan fingerprint density at radius 2 is 2.42 bits per heavy atom. The Balaban J connectivity index is 2.17. The van der Waals surface area contributed by atoms with Gasteiger partial charge >= 0.3 is 5.97 Å². The molecule has 1 N–H and O–H groups in total. The van der Waals surface area contributed by atoms with Crippen LogP contribution in [0.2, 0.25) is 0 Å². The maximum Gasteiger partial charge on any atom is 0.305 e. The maximum atomic E-state index is 12.4. The van der Waals surface area contributed by atoms with Crippen LogP contribution in [0.3, 0.4) is 0 Å². The van der Waals surface area contributed by atoms with Crippen molar-refractivity contribution in [2.24, 2.45) is 0 Å². The van der Waals surface area contributed by atoms with E-state index in [1.54, 1.807) is 16.7 Å². The molecule has 0 aliphatic carbocycles. The molecule has 19 heavy (non-hydrogen) atoms. The van der Waals surface area contributed by atoms with Crippen LogP contribution in [0, 0.1) is 0 Å². The SMILES string of the molecule is CCc1ocnc1C(=O)N1CCSCC1CC(=O)O. The molecule has 0 saturated carbocycles. The predicted molar refractivity (Wildman–Crippen MR) is 70.3 cm³/mol. The number of nitrogens with zero attached hydrogens (tertiary/aromatic N) is 2. The van der Waals surface area contributed by atoms with E-state index in [0.29, 0.717) is 30.2 Å². The van der Waals surface area contributed by atoms with E-state index in [2.05, 4.69) is 4.98 Å². The van der Waals surface area contributed by atoms with Gasteiger partial charge in [0.25, 0.3) is 5.91 Å². The monoisotopic (exact) mass is 284 g/mol. The highest BCUT2D eigenvalue weighted by Crippen LogP contribution is 2.22. The number of carboxylic acids is 1. The second kappa shape index (κ2) is 6.10. The number of aliphatic carboxylic acids is 1. The van der Waals surface area contributed by atoms with Crippen LogP contribution in [0.15, 0.2) is 10.8 Å². The van der Waals surface area contributed by atoms with Gasteiger partial charge in [0.05, 0.1) is 12.5 Å². The van der Waals surface area contributed by atoms with Crippen molar-refractivity contribution in [2.75, 3.05) is 18.1 Å². The summed E-state index contributed by atoms with van der Waals surface area (Å²) in [7, 11) is 0. The molecule has 7 heteroatoms. The minimum atomic E-state index is -0.888. The van der Waals surface area contributed by atoms with E-state index in [1.165, 1.54) is 6.39 Å². The molecular weight excluding hydrogens is 268 g/mol. The van der Waals surface area contributed by atoms with E-state index in [4.69, 9.17) is 9.52 Å². The smallest absolute Gasteiger partial charge is 0.305 e. The van der Waals surface area contributed by atoms with E-state index in [-0.39, 0.29) is 18.4 Å². The second-order valence-electron chi connectivity index (χ2n) is 4.30. The van der Waals surface area contributed by atoms with Gasteiger partial charge in [-0.2, -0.15) is 11.8 Å². The highest BCUT2D eigenvalue weighted by atomic mass is 32.2. The van der Waals surface area contributed by atoms with E-state index in [9.17, 15) is 9.59 Å². The lowest BCUT2D eigenvalue weighted by atomic mass is 10.1. The zero-order valence-corrected chi connectivity index (χ0v) is 11.5. The third kappa shape index (κ3) is 3.09. The molecule has 1 amide bonds. The van der Waals surface area contributed by atoms with Crippen molar-refractivity contribution in [1.82, 2.24) is 9.88 Å². The van der Waals surface area contributed by atoms with Gasteiger partial charge in [0.1, 0.15) is 5.76 Å². The first-order chi connectivity index (χ1) is 9.13. The van der Waals surface area contributed by atoms with Crippen LogP contribution in [0.4, 0.5) is 0 Å². The molecule has 1 unspecified atom stereocenters. The van der Waals surface area contributed by atoms with Gasteiger partial charge in [-0.3, -0.25) is 9.59 Å². The molecule has 0 bridgehead atoms. The predicted octanol–water partition coefficient (Wildman–Crippen LogP) is 1.27. The lowest BCUT2D eigenvalue weighted by Gasteiger charge is -2.34. The zero-order valence-electron chi connectivity index (χ0n) is 10.7. The fourth-order valence-electron chi connectivity index (χ4n) is 2.12. The van der Waals surface area contributed by atoms with E-state index >= 15 is 0 Å². The summed E-state index contributed by atoms with van der Waals surface area (Å²) in [6, 6.07) is -0.273. The molecule has 1 aromatic heterocycles.